The van der Waals surface area contributed by atoms with Gasteiger partial charge in [0, 0.05) is 5.56 Å². The summed E-state index contributed by atoms with van der Waals surface area (Å²) in [5, 5.41) is 12.5. The fraction of sp³-hybridized carbons (Fsp3) is 0.467. The molecule has 0 saturated heterocycles. The molecule has 2 atom stereocenters. The summed E-state index contributed by atoms with van der Waals surface area (Å²) < 4.78 is 4.89. The number of hydrogen-bond acceptors (Lipinski definition) is 4. The van der Waals surface area contributed by atoms with Gasteiger partial charge < -0.3 is 15.2 Å². The molecule has 1 rings (SSSR count). The smallest absolute Gasteiger partial charge is 0.331 e. The van der Waals surface area contributed by atoms with Crippen LogP contribution in [-0.2, 0) is 9.53 Å². The lowest BCUT2D eigenvalue weighted by Crippen LogP contribution is -2.49. The maximum absolute atomic E-state index is 12.0. The van der Waals surface area contributed by atoms with Gasteiger partial charge in [-0.2, -0.15) is 0 Å². The van der Waals surface area contributed by atoms with E-state index >= 15 is 0 Å². The normalized spacial score (nSPS) is 13.3. The molecule has 0 radical (unpaired) electrons. The molecule has 0 fully saturated rings. The van der Waals surface area contributed by atoms with Crippen molar-refractivity contribution in [3.05, 3.63) is 35.9 Å². The lowest BCUT2D eigenvalue weighted by Gasteiger charge is -2.22. The van der Waals surface area contributed by atoms with Gasteiger partial charge in [0.05, 0.1) is 12.7 Å². The van der Waals surface area contributed by atoms with Crippen molar-refractivity contribution in [1.29, 1.82) is 0 Å². The molecular weight excluding hydrogens is 258 g/mol. The van der Waals surface area contributed by atoms with E-state index in [4.69, 9.17) is 4.74 Å². The van der Waals surface area contributed by atoms with Crippen molar-refractivity contribution in [2.75, 3.05) is 6.61 Å². The number of ether oxygens (including phenoxy) is 1. The minimum Gasteiger partial charge on any atom is -0.464 e. The first kappa shape index (κ1) is 16.2. The van der Waals surface area contributed by atoms with Crippen LogP contribution in [0, 0.1) is 0 Å². The first-order valence-corrected chi connectivity index (χ1v) is 6.80. The topological polar surface area (TPSA) is 75.6 Å². The Kier molecular flexibility index (Phi) is 6.73. The van der Waals surface area contributed by atoms with Gasteiger partial charge in [-0.15, -0.1) is 0 Å². The second-order valence-electron chi connectivity index (χ2n) is 4.43. The Hall–Kier alpha value is -1.88. The van der Waals surface area contributed by atoms with Crippen LogP contribution >= 0.6 is 0 Å². The summed E-state index contributed by atoms with van der Waals surface area (Å²) in [6.45, 7) is 3.78. The van der Waals surface area contributed by atoms with Gasteiger partial charge in [0.1, 0.15) is 0 Å². The fourth-order valence-electron chi connectivity index (χ4n) is 1.82. The Bertz CT molecular complexity index is 433. The van der Waals surface area contributed by atoms with Gasteiger partial charge in [-0.25, -0.2) is 4.79 Å². The van der Waals surface area contributed by atoms with Gasteiger partial charge >= 0.3 is 5.97 Å². The van der Waals surface area contributed by atoms with E-state index in [1.165, 1.54) is 0 Å². The molecular formula is C15H21NO4. The maximum Gasteiger partial charge on any atom is 0.331 e. The minimum absolute atomic E-state index is 0.204. The Morgan fingerprint density at radius 1 is 1.25 bits per heavy atom. The van der Waals surface area contributed by atoms with Gasteiger partial charge in [0.2, 0.25) is 0 Å². The third-order valence-electron chi connectivity index (χ3n) is 2.83. The molecule has 1 aromatic carbocycles. The lowest BCUT2D eigenvalue weighted by molar-refractivity contribution is -0.148. The summed E-state index contributed by atoms with van der Waals surface area (Å²) in [4.78, 5) is 23.9. The van der Waals surface area contributed by atoms with E-state index < -0.39 is 24.0 Å². The number of hydrogen-bond donors (Lipinski definition) is 2. The number of carbonyl (C=O) groups excluding carboxylic acids is 2. The van der Waals surface area contributed by atoms with Crippen molar-refractivity contribution in [2.45, 2.75) is 38.8 Å². The van der Waals surface area contributed by atoms with Crippen LogP contribution < -0.4 is 5.32 Å². The Labute approximate surface area is 118 Å². The van der Waals surface area contributed by atoms with Gasteiger partial charge in [-0.3, -0.25) is 4.79 Å². The van der Waals surface area contributed by atoms with E-state index in [2.05, 4.69) is 5.32 Å². The van der Waals surface area contributed by atoms with Crippen LogP contribution in [-0.4, -0.2) is 35.7 Å². The van der Waals surface area contributed by atoms with Gasteiger partial charge in [-0.05, 0) is 25.5 Å². The molecule has 0 spiro atoms. The van der Waals surface area contributed by atoms with E-state index in [1.807, 2.05) is 6.92 Å². The van der Waals surface area contributed by atoms with Crippen LogP contribution in [0.25, 0.3) is 0 Å². The number of amides is 1. The molecule has 2 N–H and O–H groups in total. The van der Waals surface area contributed by atoms with Crippen molar-refractivity contribution in [3.8, 4) is 0 Å². The highest BCUT2D eigenvalue weighted by molar-refractivity contribution is 5.96. The Balaban J connectivity index is 2.78. The first-order valence-electron chi connectivity index (χ1n) is 6.80. The highest BCUT2D eigenvalue weighted by Crippen LogP contribution is 2.07. The summed E-state index contributed by atoms with van der Waals surface area (Å²) in [6, 6.07) is 7.51. The number of aliphatic hydroxyl groups is 1. The molecule has 0 heterocycles. The minimum atomic E-state index is -1.04. The van der Waals surface area contributed by atoms with Crippen molar-refractivity contribution >= 4 is 11.9 Å². The average Bonchev–Trinajstić information content (AvgIpc) is 2.45. The summed E-state index contributed by atoms with van der Waals surface area (Å²) >= 11 is 0. The largest absolute Gasteiger partial charge is 0.464 e. The highest BCUT2D eigenvalue weighted by atomic mass is 16.5. The summed E-state index contributed by atoms with van der Waals surface area (Å²) in [5.41, 5.74) is 0.436. The van der Waals surface area contributed by atoms with Crippen molar-refractivity contribution in [1.82, 2.24) is 5.32 Å². The molecule has 0 saturated carbocycles. The van der Waals surface area contributed by atoms with E-state index in [-0.39, 0.29) is 6.61 Å². The van der Waals surface area contributed by atoms with Crippen LogP contribution in [0.5, 0.6) is 0 Å². The predicted molar refractivity (Wildman–Crippen MR) is 75.2 cm³/mol. The van der Waals surface area contributed by atoms with Crippen molar-refractivity contribution in [3.63, 3.8) is 0 Å². The Morgan fingerprint density at radius 3 is 2.45 bits per heavy atom. The standard InChI is InChI=1S/C15H21NO4/c1-3-8-12(17)13(15(19)20-4-2)16-14(18)11-9-6-5-7-10-11/h5-7,9-10,12-13,17H,3-4,8H2,1-2H3,(H,16,18)/t12-,13+/m0/s1. The predicted octanol–water partition coefficient (Wildman–Crippen LogP) is 1.51. The molecule has 1 amide bonds. The van der Waals surface area contributed by atoms with Crippen LogP contribution in [0.3, 0.4) is 0 Å². The molecule has 0 aromatic heterocycles. The van der Waals surface area contributed by atoms with Gasteiger partial charge in [-0.1, -0.05) is 31.5 Å². The van der Waals surface area contributed by atoms with E-state index in [0.29, 0.717) is 18.4 Å². The Morgan fingerprint density at radius 2 is 1.90 bits per heavy atom. The molecule has 0 aliphatic rings. The number of esters is 1. The summed E-state index contributed by atoms with van der Waals surface area (Å²) in [6.07, 6.45) is 0.170. The van der Waals surface area contributed by atoms with Crippen LogP contribution in [0.1, 0.15) is 37.0 Å². The molecule has 0 bridgehead atoms. The van der Waals surface area contributed by atoms with Gasteiger partial charge in [0.25, 0.3) is 5.91 Å². The summed E-state index contributed by atoms with van der Waals surface area (Å²) in [7, 11) is 0. The summed E-state index contributed by atoms with van der Waals surface area (Å²) in [5.74, 6) is -1.02. The quantitative estimate of drug-likeness (QED) is 0.742. The average molecular weight is 279 g/mol. The molecule has 0 aliphatic carbocycles. The van der Waals surface area contributed by atoms with E-state index in [0.717, 1.165) is 0 Å². The molecule has 5 heteroatoms. The zero-order valence-corrected chi connectivity index (χ0v) is 11.8. The molecule has 0 aliphatic heterocycles. The van der Waals surface area contributed by atoms with Crippen molar-refractivity contribution < 1.29 is 19.4 Å². The molecule has 1 aromatic rings. The second kappa shape index (κ2) is 8.32. The zero-order chi connectivity index (χ0) is 15.0. The number of benzene rings is 1. The van der Waals surface area contributed by atoms with Crippen LogP contribution in [0.15, 0.2) is 30.3 Å². The molecule has 0 unspecified atom stereocenters. The third-order valence-corrected chi connectivity index (χ3v) is 2.83. The molecule has 5 nitrogen and oxygen atoms in total. The van der Waals surface area contributed by atoms with Gasteiger partial charge in [0.15, 0.2) is 6.04 Å². The number of nitrogens with one attached hydrogen (secondary N) is 1. The second-order valence-corrected chi connectivity index (χ2v) is 4.43. The van der Waals surface area contributed by atoms with Crippen LogP contribution in [0.2, 0.25) is 0 Å². The maximum atomic E-state index is 12.0. The third kappa shape index (κ3) is 4.66. The van der Waals surface area contributed by atoms with E-state index in [1.54, 1.807) is 37.3 Å². The SMILES string of the molecule is CCC[C@H](O)[C@@H](NC(=O)c1ccccc1)C(=O)OCC. The number of aliphatic hydroxyl groups excluding tert-OH is 1. The molecule has 110 valence electrons. The monoisotopic (exact) mass is 279 g/mol. The highest BCUT2D eigenvalue weighted by Gasteiger charge is 2.29. The van der Waals surface area contributed by atoms with E-state index in [9.17, 15) is 14.7 Å². The molecule has 20 heavy (non-hydrogen) atoms. The fourth-order valence-corrected chi connectivity index (χ4v) is 1.82. The lowest BCUT2D eigenvalue weighted by atomic mass is 10.1. The number of carbonyl (C=O) groups is 2. The number of rotatable bonds is 7. The van der Waals surface area contributed by atoms with Crippen molar-refractivity contribution in [2.24, 2.45) is 0 Å². The zero-order valence-electron chi connectivity index (χ0n) is 11.8. The first-order chi connectivity index (χ1) is 9.60. The van der Waals surface area contributed by atoms with Crippen LogP contribution in [0.4, 0.5) is 0 Å².